The molecule has 1 aromatic rings. The third-order valence-corrected chi connectivity index (χ3v) is 4.07. The first kappa shape index (κ1) is 14.2. The maximum atomic E-state index is 12.2. The fraction of sp³-hybridized carbons (Fsp3) is 0.583. The first-order valence-electron chi connectivity index (χ1n) is 6.29. The minimum Gasteiger partial charge on any atom is -0.340 e. The van der Waals surface area contributed by atoms with Crippen molar-refractivity contribution >= 4 is 21.8 Å². The summed E-state index contributed by atoms with van der Waals surface area (Å²) in [6.07, 6.45) is 2.37. The van der Waals surface area contributed by atoms with Crippen molar-refractivity contribution in [3.63, 3.8) is 0 Å². The SMILES string of the molecule is Cc1ncn(CC(=O)N2CCCNCC2)c(=O)c1Br. The number of rotatable bonds is 2. The quantitative estimate of drug-likeness (QED) is 0.838. The van der Waals surface area contributed by atoms with Gasteiger partial charge in [0.05, 0.1) is 12.0 Å². The topological polar surface area (TPSA) is 67.2 Å². The normalized spacial score (nSPS) is 16.2. The van der Waals surface area contributed by atoms with Crippen molar-refractivity contribution in [3.8, 4) is 0 Å². The van der Waals surface area contributed by atoms with E-state index in [1.807, 2.05) is 0 Å². The lowest BCUT2D eigenvalue weighted by Crippen LogP contribution is -2.38. The van der Waals surface area contributed by atoms with Crippen molar-refractivity contribution in [2.45, 2.75) is 19.9 Å². The molecule has 0 bridgehead atoms. The van der Waals surface area contributed by atoms with Crippen LogP contribution in [0, 0.1) is 6.92 Å². The molecule has 0 aliphatic carbocycles. The number of carbonyl (C=O) groups excluding carboxylic acids is 1. The highest BCUT2D eigenvalue weighted by atomic mass is 79.9. The number of hydrogen-bond donors (Lipinski definition) is 1. The molecule has 1 aliphatic rings. The molecule has 7 heteroatoms. The molecule has 19 heavy (non-hydrogen) atoms. The Morgan fingerprint density at radius 2 is 2.26 bits per heavy atom. The Morgan fingerprint density at radius 1 is 1.47 bits per heavy atom. The van der Waals surface area contributed by atoms with Gasteiger partial charge in [-0.05, 0) is 35.8 Å². The zero-order chi connectivity index (χ0) is 13.8. The van der Waals surface area contributed by atoms with Gasteiger partial charge in [-0.15, -0.1) is 0 Å². The van der Waals surface area contributed by atoms with Gasteiger partial charge in [-0.1, -0.05) is 0 Å². The number of aryl methyl sites for hydroxylation is 1. The molecule has 0 atom stereocenters. The lowest BCUT2D eigenvalue weighted by Gasteiger charge is -2.20. The lowest BCUT2D eigenvalue weighted by molar-refractivity contribution is -0.131. The Kier molecular flexibility index (Phi) is 4.71. The predicted octanol–water partition coefficient (Wildman–Crippen LogP) is 0.136. The van der Waals surface area contributed by atoms with Gasteiger partial charge in [-0.2, -0.15) is 0 Å². The zero-order valence-electron chi connectivity index (χ0n) is 10.9. The van der Waals surface area contributed by atoms with E-state index in [-0.39, 0.29) is 18.0 Å². The van der Waals surface area contributed by atoms with Gasteiger partial charge in [0, 0.05) is 19.6 Å². The van der Waals surface area contributed by atoms with Crippen molar-refractivity contribution in [3.05, 3.63) is 26.8 Å². The summed E-state index contributed by atoms with van der Waals surface area (Å²) in [7, 11) is 0. The van der Waals surface area contributed by atoms with E-state index in [1.165, 1.54) is 10.9 Å². The number of carbonyl (C=O) groups is 1. The molecule has 0 radical (unpaired) electrons. The zero-order valence-corrected chi connectivity index (χ0v) is 12.4. The molecule has 0 aromatic carbocycles. The van der Waals surface area contributed by atoms with Crippen LogP contribution in [0.25, 0.3) is 0 Å². The molecule has 0 spiro atoms. The first-order chi connectivity index (χ1) is 9.09. The van der Waals surface area contributed by atoms with Crippen molar-refractivity contribution < 1.29 is 4.79 Å². The third-order valence-electron chi connectivity index (χ3n) is 3.16. The van der Waals surface area contributed by atoms with E-state index in [1.54, 1.807) is 11.8 Å². The van der Waals surface area contributed by atoms with E-state index in [2.05, 4.69) is 26.2 Å². The molecular weight excluding hydrogens is 312 g/mol. The molecular formula is C12H17BrN4O2. The summed E-state index contributed by atoms with van der Waals surface area (Å²) in [4.78, 5) is 30.0. The van der Waals surface area contributed by atoms with Crippen LogP contribution in [0.4, 0.5) is 0 Å². The van der Waals surface area contributed by atoms with Crippen molar-refractivity contribution in [2.24, 2.45) is 0 Å². The van der Waals surface area contributed by atoms with Crippen molar-refractivity contribution in [2.75, 3.05) is 26.2 Å². The van der Waals surface area contributed by atoms with Crippen LogP contribution in [-0.2, 0) is 11.3 Å². The summed E-state index contributed by atoms with van der Waals surface area (Å²) >= 11 is 3.20. The fourth-order valence-corrected chi connectivity index (χ4v) is 2.33. The number of halogens is 1. The van der Waals surface area contributed by atoms with Crippen LogP contribution in [0.1, 0.15) is 12.1 Å². The summed E-state index contributed by atoms with van der Waals surface area (Å²) in [5, 5.41) is 3.24. The van der Waals surface area contributed by atoms with Crippen molar-refractivity contribution in [1.82, 2.24) is 19.8 Å². The highest BCUT2D eigenvalue weighted by molar-refractivity contribution is 9.10. The van der Waals surface area contributed by atoms with Crippen LogP contribution in [0.3, 0.4) is 0 Å². The largest absolute Gasteiger partial charge is 0.340 e. The standard InChI is InChI=1S/C12H17BrN4O2/c1-9-11(13)12(19)17(8-15-9)7-10(18)16-5-2-3-14-4-6-16/h8,14H,2-7H2,1H3. The molecule has 2 rings (SSSR count). The molecule has 0 saturated carbocycles. The molecule has 1 saturated heterocycles. The molecule has 2 heterocycles. The van der Waals surface area contributed by atoms with Gasteiger partial charge in [0.15, 0.2) is 0 Å². The second-order valence-electron chi connectivity index (χ2n) is 4.56. The smallest absolute Gasteiger partial charge is 0.268 e. The Hall–Kier alpha value is -1.21. The third kappa shape index (κ3) is 3.42. The number of amides is 1. The number of nitrogens with one attached hydrogen (secondary N) is 1. The fourth-order valence-electron chi connectivity index (χ4n) is 2.00. The van der Waals surface area contributed by atoms with Crippen LogP contribution in [0.2, 0.25) is 0 Å². The molecule has 6 nitrogen and oxygen atoms in total. The molecule has 1 aliphatic heterocycles. The summed E-state index contributed by atoms with van der Waals surface area (Å²) in [6.45, 7) is 4.95. The first-order valence-corrected chi connectivity index (χ1v) is 7.09. The van der Waals surface area contributed by atoms with Crippen LogP contribution >= 0.6 is 15.9 Å². The van der Waals surface area contributed by atoms with Gasteiger partial charge in [0.25, 0.3) is 5.56 Å². The second kappa shape index (κ2) is 6.29. The summed E-state index contributed by atoms with van der Waals surface area (Å²) in [6, 6.07) is 0. The highest BCUT2D eigenvalue weighted by Crippen LogP contribution is 2.06. The highest BCUT2D eigenvalue weighted by Gasteiger charge is 2.17. The Labute approximate surface area is 119 Å². The number of hydrogen-bond acceptors (Lipinski definition) is 4. The maximum Gasteiger partial charge on any atom is 0.268 e. The summed E-state index contributed by atoms with van der Waals surface area (Å²) in [5.41, 5.74) is 0.418. The Balaban J connectivity index is 2.10. The van der Waals surface area contributed by atoms with Crippen LogP contribution < -0.4 is 10.9 Å². The van der Waals surface area contributed by atoms with E-state index >= 15 is 0 Å². The van der Waals surface area contributed by atoms with Crippen LogP contribution in [0.15, 0.2) is 15.6 Å². The van der Waals surface area contributed by atoms with Crippen molar-refractivity contribution in [1.29, 1.82) is 0 Å². The van der Waals surface area contributed by atoms with Gasteiger partial charge < -0.3 is 10.2 Å². The minimum atomic E-state index is -0.214. The van der Waals surface area contributed by atoms with Crippen LogP contribution in [0.5, 0.6) is 0 Å². The number of nitrogens with zero attached hydrogens (tertiary/aromatic N) is 3. The maximum absolute atomic E-state index is 12.2. The molecule has 1 amide bonds. The van der Waals surface area contributed by atoms with E-state index in [0.717, 1.165) is 26.1 Å². The molecule has 104 valence electrons. The average molecular weight is 329 g/mol. The average Bonchev–Trinajstić information content (AvgIpc) is 2.68. The molecule has 1 aromatic heterocycles. The van der Waals surface area contributed by atoms with Gasteiger partial charge in [-0.3, -0.25) is 14.2 Å². The Morgan fingerprint density at radius 3 is 3.05 bits per heavy atom. The monoisotopic (exact) mass is 328 g/mol. The van der Waals surface area contributed by atoms with Gasteiger partial charge >= 0.3 is 0 Å². The number of aromatic nitrogens is 2. The van der Waals surface area contributed by atoms with Gasteiger partial charge in [-0.25, -0.2) is 4.98 Å². The summed E-state index contributed by atoms with van der Waals surface area (Å²) in [5.74, 6) is -0.0386. The van der Waals surface area contributed by atoms with Gasteiger partial charge in [0.2, 0.25) is 5.91 Å². The van der Waals surface area contributed by atoms with E-state index in [0.29, 0.717) is 16.7 Å². The summed E-state index contributed by atoms with van der Waals surface area (Å²) < 4.78 is 1.76. The lowest BCUT2D eigenvalue weighted by atomic mass is 10.3. The van der Waals surface area contributed by atoms with E-state index < -0.39 is 0 Å². The van der Waals surface area contributed by atoms with E-state index in [4.69, 9.17) is 0 Å². The molecule has 1 N–H and O–H groups in total. The van der Waals surface area contributed by atoms with Crippen LogP contribution in [-0.4, -0.2) is 46.5 Å². The Bertz CT molecular complexity index is 521. The molecule has 1 fully saturated rings. The molecule has 0 unspecified atom stereocenters. The predicted molar refractivity (Wildman–Crippen MR) is 75.0 cm³/mol. The van der Waals surface area contributed by atoms with E-state index in [9.17, 15) is 9.59 Å². The van der Waals surface area contributed by atoms with Gasteiger partial charge in [0.1, 0.15) is 11.0 Å². The second-order valence-corrected chi connectivity index (χ2v) is 5.35. The minimum absolute atomic E-state index is 0.0386.